The SMILES string of the molecule is C=C[C@@]12CCC[C@@H]3[C@H](CC[C@@H]4OC(C)(C)O[C@]431)C(=O)O2. The second-order valence-corrected chi connectivity index (χ2v) is 7.10. The maximum Gasteiger partial charge on any atom is 0.310 e. The van der Waals surface area contributed by atoms with Gasteiger partial charge in [-0.25, -0.2) is 0 Å². The molecule has 2 aliphatic heterocycles. The molecule has 0 aromatic rings. The summed E-state index contributed by atoms with van der Waals surface area (Å²) in [4.78, 5) is 12.4. The average Bonchev–Trinajstić information content (AvgIpc) is 2.65. The molecule has 4 rings (SSSR count). The number of hydrogen-bond donors (Lipinski definition) is 0. The number of carbonyl (C=O) groups excluding carboxylic acids is 1. The number of rotatable bonds is 1. The van der Waals surface area contributed by atoms with Crippen molar-refractivity contribution in [2.24, 2.45) is 11.8 Å². The molecule has 0 radical (unpaired) electrons. The molecule has 110 valence electrons. The topological polar surface area (TPSA) is 44.8 Å². The summed E-state index contributed by atoms with van der Waals surface area (Å²) in [5, 5.41) is 0. The van der Waals surface area contributed by atoms with Gasteiger partial charge in [0.15, 0.2) is 11.4 Å². The maximum absolute atomic E-state index is 12.4. The summed E-state index contributed by atoms with van der Waals surface area (Å²) in [6.45, 7) is 7.88. The van der Waals surface area contributed by atoms with Crippen LogP contribution < -0.4 is 0 Å². The monoisotopic (exact) mass is 278 g/mol. The molecule has 0 N–H and O–H groups in total. The van der Waals surface area contributed by atoms with Crippen molar-refractivity contribution >= 4 is 5.97 Å². The van der Waals surface area contributed by atoms with Gasteiger partial charge in [0, 0.05) is 5.92 Å². The van der Waals surface area contributed by atoms with E-state index in [1.54, 1.807) is 6.08 Å². The van der Waals surface area contributed by atoms with E-state index in [1.165, 1.54) is 0 Å². The molecule has 1 spiro atoms. The van der Waals surface area contributed by atoms with Gasteiger partial charge in [-0.05, 0) is 52.0 Å². The van der Waals surface area contributed by atoms with Gasteiger partial charge in [0.2, 0.25) is 0 Å². The molecule has 4 heteroatoms. The van der Waals surface area contributed by atoms with Gasteiger partial charge in [0.1, 0.15) is 5.60 Å². The number of carbonyl (C=O) groups is 1. The van der Waals surface area contributed by atoms with Gasteiger partial charge in [-0.1, -0.05) is 6.58 Å². The second-order valence-electron chi connectivity index (χ2n) is 7.10. The number of hydrogen-bond acceptors (Lipinski definition) is 4. The largest absolute Gasteiger partial charge is 0.451 e. The quantitative estimate of drug-likeness (QED) is 0.546. The van der Waals surface area contributed by atoms with Crippen molar-refractivity contribution < 1.29 is 19.0 Å². The lowest BCUT2D eigenvalue weighted by atomic mass is 9.53. The minimum atomic E-state index is -0.706. The fourth-order valence-corrected chi connectivity index (χ4v) is 5.19. The van der Waals surface area contributed by atoms with Crippen molar-refractivity contribution in [1.82, 2.24) is 0 Å². The van der Waals surface area contributed by atoms with Gasteiger partial charge in [-0.3, -0.25) is 4.79 Å². The molecule has 2 saturated carbocycles. The third-order valence-electron chi connectivity index (χ3n) is 5.74. The van der Waals surface area contributed by atoms with Crippen molar-refractivity contribution in [2.45, 2.75) is 69.0 Å². The van der Waals surface area contributed by atoms with E-state index in [4.69, 9.17) is 14.2 Å². The fraction of sp³-hybridized carbons (Fsp3) is 0.812. The summed E-state index contributed by atoms with van der Waals surface area (Å²) in [6, 6.07) is 0. The number of esters is 1. The summed E-state index contributed by atoms with van der Waals surface area (Å²) in [5.41, 5.74) is -1.23. The molecule has 4 nitrogen and oxygen atoms in total. The molecule has 5 atom stereocenters. The van der Waals surface area contributed by atoms with E-state index in [0.29, 0.717) is 0 Å². The molecule has 0 aromatic carbocycles. The predicted molar refractivity (Wildman–Crippen MR) is 71.9 cm³/mol. The van der Waals surface area contributed by atoms with E-state index in [-0.39, 0.29) is 23.9 Å². The first-order valence-electron chi connectivity index (χ1n) is 7.69. The minimum Gasteiger partial charge on any atom is -0.451 e. The Balaban J connectivity index is 1.91. The Morgan fingerprint density at radius 3 is 2.85 bits per heavy atom. The summed E-state index contributed by atoms with van der Waals surface area (Å²) in [6.07, 6.45) is 6.39. The minimum absolute atomic E-state index is 0.00477. The molecule has 2 aliphatic carbocycles. The van der Waals surface area contributed by atoms with E-state index in [2.05, 4.69) is 6.58 Å². The van der Waals surface area contributed by atoms with Crippen molar-refractivity contribution in [2.75, 3.05) is 0 Å². The number of ether oxygens (including phenoxy) is 3. The highest BCUT2D eigenvalue weighted by Gasteiger charge is 2.75. The van der Waals surface area contributed by atoms with E-state index >= 15 is 0 Å². The standard InChI is InChI=1S/C16H22O4/c1-4-15-9-5-6-11-10(13(17)19-15)7-8-12-16(11,15)20-14(2,3)18-12/h4,10-12H,1,5-9H2,2-3H3/t10-,11+,12-,15+,16-/m0/s1. The van der Waals surface area contributed by atoms with Gasteiger partial charge in [-0.2, -0.15) is 0 Å². The zero-order valence-corrected chi connectivity index (χ0v) is 12.2. The Morgan fingerprint density at radius 1 is 1.30 bits per heavy atom. The first kappa shape index (κ1) is 12.8. The summed E-state index contributed by atoms with van der Waals surface area (Å²) >= 11 is 0. The van der Waals surface area contributed by atoms with E-state index in [0.717, 1.165) is 32.1 Å². The molecule has 4 bridgehead atoms. The first-order chi connectivity index (χ1) is 9.44. The van der Waals surface area contributed by atoms with Crippen molar-refractivity contribution in [3.8, 4) is 0 Å². The van der Waals surface area contributed by atoms with Crippen LogP contribution in [0.2, 0.25) is 0 Å². The summed E-state index contributed by atoms with van der Waals surface area (Å²) < 4.78 is 18.5. The average molecular weight is 278 g/mol. The normalized spacial score (nSPS) is 52.1. The Hall–Kier alpha value is -0.870. The molecular formula is C16H22O4. The summed E-state index contributed by atoms with van der Waals surface area (Å²) in [7, 11) is 0. The van der Waals surface area contributed by atoms with Crippen LogP contribution in [-0.2, 0) is 19.0 Å². The van der Waals surface area contributed by atoms with E-state index in [1.807, 2.05) is 13.8 Å². The van der Waals surface area contributed by atoms with Crippen LogP contribution in [0.15, 0.2) is 12.7 Å². The van der Waals surface area contributed by atoms with Crippen molar-refractivity contribution in [1.29, 1.82) is 0 Å². The van der Waals surface area contributed by atoms with Crippen molar-refractivity contribution in [3.05, 3.63) is 12.7 Å². The zero-order valence-electron chi connectivity index (χ0n) is 12.2. The molecule has 4 aliphatic rings. The molecule has 2 saturated heterocycles. The molecular weight excluding hydrogens is 256 g/mol. The van der Waals surface area contributed by atoms with Gasteiger partial charge in [-0.15, -0.1) is 0 Å². The van der Waals surface area contributed by atoms with E-state index < -0.39 is 17.0 Å². The zero-order chi connectivity index (χ0) is 14.2. The third kappa shape index (κ3) is 1.27. The van der Waals surface area contributed by atoms with Gasteiger partial charge < -0.3 is 14.2 Å². The van der Waals surface area contributed by atoms with Crippen LogP contribution in [0.25, 0.3) is 0 Å². The van der Waals surface area contributed by atoms with Crippen LogP contribution in [0.1, 0.15) is 46.0 Å². The lowest BCUT2D eigenvalue weighted by Gasteiger charge is -2.61. The van der Waals surface area contributed by atoms with Crippen LogP contribution in [0, 0.1) is 11.8 Å². The molecule has 0 aromatic heterocycles. The Labute approximate surface area is 119 Å². The third-order valence-corrected chi connectivity index (χ3v) is 5.74. The molecule has 4 fully saturated rings. The second kappa shape index (κ2) is 3.66. The smallest absolute Gasteiger partial charge is 0.310 e. The van der Waals surface area contributed by atoms with Crippen molar-refractivity contribution in [3.63, 3.8) is 0 Å². The van der Waals surface area contributed by atoms with Gasteiger partial charge >= 0.3 is 5.97 Å². The highest BCUT2D eigenvalue weighted by atomic mass is 16.8. The van der Waals surface area contributed by atoms with Crippen LogP contribution in [0.4, 0.5) is 0 Å². The highest BCUT2D eigenvalue weighted by Crippen LogP contribution is 2.63. The highest BCUT2D eigenvalue weighted by molar-refractivity contribution is 5.76. The predicted octanol–water partition coefficient (Wildman–Crippen LogP) is 2.57. The Kier molecular flexibility index (Phi) is 2.35. The Morgan fingerprint density at radius 2 is 2.10 bits per heavy atom. The Bertz CT molecular complexity index is 485. The van der Waals surface area contributed by atoms with Gasteiger partial charge in [0.05, 0.1) is 12.0 Å². The van der Waals surface area contributed by atoms with Crippen LogP contribution in [0.5, 0.6) is 0 Å². The molecule has 0 unspecified atom stereocenters. The molecule has 0 amide bonds. The fourth-order valence-electron chi connectivity index (χ4n) is 5.19. The lowest BCUT2D eigenvalue weighted by molar-refractivity contribution is -0.280. The lowest BCUT2D eigenvalue weighted by Crippen LogP contribution is -2.74. The summed E-state index contributed by atoms with van der Waals surface area (Å²) in [5.74, 6) is -0.507. The van der Waals surface area contributed by atoms with E-state index in [9.17, 15) is 4.79 Å². The molecule has 20 heavy (non-hydrogen) atoms. The van der Waals surface area contributed by atoms with Crippen LogP contribution in [-0.4, -0.2) is 29.1 Å². The van der Waals surface area contributed by atoms with Crippen LogP contribution >= 0.6 is 0 Å². The van der Waals surface area contributed by atoms with Gasteiger partial charge in [0.25, 0.3) is 0 Å². The maximum atomic E-state index is 12.4. The molecule has 2 heterocycles. The first-order valence-corrected chi connectivity index (χ1v) is 7.69. The van der Waals surface area contributed by atoms with Crippen LogP contribution in [0.3, 0.4) is 0 Å².